The highest BCUT2D eigenvalue weighted by molar-refractivity contribution is 6.62. The fourth-order valence-corrected chi connectivity index (χ4v) is 2.44. The van der Waals surface area contributed by atoms with Gasteiger partial charge in [-0.1, -0.05) is 0 Å². The highest BCUT2D eigenvalue weighted by Crippen LogP contribution is 2.45. The Morgan fingerprint density at radius 1 is 1.18 bits per heavy atom. The van der Waals surface area contributed by atoms with Crippen LogP contribution in [0.2, 0.25) is 0 Å². The molecule has 1 saturated heterocycles. The zero-order chi connectivity index (χ0) is 12.8. The minimum atomic E-state index is -4.86. The van der Waals surface area contributed by atoms with Crippen molar-refractivity contribution in [3.8, 4) is 0 Å². The molecule has 1 aliphatic carbocycles. The number of halogens is 4. The number of nitrogens with zero attached hydrogens (tertiary/aromatic N) is 2. The van der Waals surface area contributed by atoms with Crippen molar-refractivity contribution in [1.82, 2.24) is 9.80 Å². The summed E-state index contributed by atoms with van der Waals surface area (Å²) in [6.07, 6.45) is -3.68. The fraction of sp³-hybridized carbons (Fsp3) is 0.778. The zero-order valence-electron chi connectivity index (χ0n) is 8.76. The average molecular weight is 271 g/mol. The van der Waals surface area contributed by atoms with Crippen molar-refractivity contribution in [2.45, 2.75) is 24.6 Å². The number of carbonyl (C=O) groups is 2. The zero-order valence-corrected chi connectivity index (χ0v) is 9.51. The molecule has 0 radical (unpaired) electrons. The van der Waals surface area contributed by atoms with Crippen molar-refractivity contribution in [3.63, 3.8) is 0 Å². The van der Waals surface area contributed by atoms with E-state index in [4.69, 9.17) is 11.6 Å². The van der Waals surface area contributed by atoms with Crippen molar-refractivity contribution in [2.24, 2.45) is 0 Å². The van der Waals surface area contributed by atoms with Crippen molar-refractivity contribution in [3.05, 3.63) is 0 Å². The smallest absolute Gasteiger partial charge is 0.331 e. The number of hydrogen-bond donors (Lipinski definition) is 0. The number of amides is 2. The van der Waals surface area contributed by atoms with Gasteiger partial charge in [-0.25, -0.2) is 0 Å². The average Bonchev–Trinajstić information content (AvgIpc) is 2.95. The topological polar surface area (TPSA) is 40.6 Å². The van der Waals surface area contributed by atoms with Gasteiger partial charge in [-0.2, -0.15) is 13.2 Å². The lowest BCUT2D eigenvalue weighted by Gasteiger charge is -2.41. The molecule has 0 aromatic rings. The molecule has 0 N–H and O–H groups in total. The van der Waals surface area contributed by atoms with Gasteiger partial charge < -0.3 is 9.80 Å². The number of hydrogen-bond acceptors (Lipinski definition) is 2. The second-order valence-electron chi connectivity index (χ2n) is 4.35. The summed E-state index contributed by atoms with van der Waals surface area (Å²) in [5.41, 5.74) is -0.655. The Hall–Kier alpha value is -0.980. The standard InChI is InChI=1S/C9H10ClF3N2O2/c10-7(17)15-4-3-14(5-8(15)1-2-8)6(16)9(11,12)13/h1-5H2. The van der Waals surface area contributed by atoms with E-state index in [1.807, 2.05) is 0 Å². The molecule has 17 heavy (non-hydrogen) atoms. The van der Waals surface area contributed by atoms with E-state index in [1.165, 1.54) is 4.90 Å². The first-order chi connectivity index (χ1) is 7.76. The van der Waals surface area contributed by atoms with Crippen LogP contribution in [0, 0.1) is 0 Å². The van der Waals surface area contributed by atoms with Gasteiger partial charge >= 0.3 is 17.4 Å². The van der Waals surface area contributed by atoms with Gasteiger partial charge in [-0.15, -0.1) is 0 Å². The van der Waals surface area contributed by atoms with Crippen molar-refractivity contribution < 1.29 is 22.8 Å². The fourth-order valence-electron chi connectivity index (χ4n) is 2.18. The van der Waals surface area contributed by atoms with E-state index in [0.29, 0.717) is 12.8 Å². The quantitative estimate of drug-likeness (QED) is 0.495. The number of rotatable bonds is 0. The van der Waals surface area contributed by atoms with Gasteiger partial charge in [-0.3, -0.25) is 9.59 Å². The van der Waals surface area contributed by atoms with Crippen LogP contribution >= 0.6 is 11.6 Å². The van der Waals surface area contributed by atoms with Crippen LogP contribution in [-0.2, 0) is 4.79 Å². The predicted molar refractivity (Wildman–Crippen MR) is 52.6 cm³/mol. The summed E-state index contributed by atoms with van der Waals surface area (Å²) < 4.78 is 36.8. The molecule has 4 nitrogen and oxygen atoms in total. The molecule has 1 aliphatic heterocycles. The molecule has 0 unspecified atom stereocenters. The lowest BCUT2D eigenvalue weighted by molar-refractivity contribution is -0.187. The Bertz CT molecular complexity index is 368. The van der Waals surface area contributed by atoms with Gasteiger partial charge in [-0.05, 0) is 24.4 Å². The maximum atomic E-state index is 12.3. The van der Waals surface area contributed by atoms with Crippen LogP contribution in [0.3, 0.4) is 0 Å². The summed E-state index contributed by atoms with van der Waals surface area (Å²) in [5.74, 6) is -1.84. The van der Waals surface area contributed by atoms with Gasteiger partial charge in [0.1, 0.15) is 0 Å². The molecule has 8 heteroatoms. The Kier molecular flexibility index (Phi) is 2.76. The van der Waals surface area contributed by atoms with E-state index in [0.717, 1.165) is 4.90 Å². The maximum absolute atomic E-state index is 12.3. The molecule has 2 rings (SSSR count). The third kappa shape index (κ3) is 2.20. The van der Waals surface area contributed by atoms with E-state index >= 15 is 0 Å². The Balaban J connectivity index is 2.08. The SMILES string of the molecule is O=C(Cl)N1CCN(C(=O)C(F)(F)F)CC12CC2. The Labute approximate surface area is 100 Å². The summed E-state index contributed by atoms with van der Waals surface area (Å²) in [6.45, 7) is -0.146. The highest BCUT2D eigenvalue weighted by atomic mass is 35.5. The van der Waals surface area contributed by atoms with E-state index < -0.39 is 23.0 Å². The molecule has 1 heterocycles. The van der Waals surface area contributed by atoms with E-state index in [-0.39, 0.29) is 19.6 Å². The van der Waals surface area contributed by atoms with E-state index in [9.17, 15) is 22.8 Å². The maximum Gasteiger partial charge on any atom is 0.471 e. The van der Waals surface area contributed by atoms with Gasteiger partial charge in [0.2, 0.25) is 0 Å². The number of carbonyl (C=O) groups excluding carboxylic acids is 2. The Morgan fingerprint density at radius 3 is 2.18 bits per heavy atom. The van der Waals surface area contributed by atoms with E-state index in [2.05, 4.69) is 0 Å². The summed E-state index contributed by atoms with van der Waals surface area (Å²) in [7, 11) is 0. The lowest BCUT2D eigenvalue weighted by atomic mass is 10.1. The van der Waals surface area contributed by atoms with Crippen LogP contribution in [0.15, 0.2) is 0 Å². The van der Waals surface area contributed by atoms with Gasteiger partial charge in [0.15, 0.2) is 0 Å². The molecule has 0 bridgehead atoms. The summed E-state index contributed by atoms with van der Waals surface area (Å²) in [6, 6.07) is 0. The van der Waals surface area contributed by atoms with Crippen LogP contribution in [0.1, 0.15) is 12.8 Å². The molecule has 1 spiro atoms. The van der Waals surface area contributed by atoms with E-state index in [1.54, 1.807) is 0 Å². The number of alkyl halides is 3. The van der Waals surface area contributed by atoms with Crippen molar-refractivity contribution in [2.75, 3.05) is 19.6 Å². The molecule has 2 amide bonds. The molecule has 0 aromatic heterocycles. The van der Waals surface area contributed by atoms with Crippen LogP contribution in [0.25, 0.3) is 0 Å². The third-order valence-corrected chi connectivity index (χ3v) is 3.42. The predicted octanol–water partition coefficient (Wildman–Crippen LogP) is 1.58. The van der Waals surface area contributed by atoms with Crippen molar-refractivity contribution in [1.29, 1.82) is 0 Å². The highest BCUT2D eigenvalue weighted by Gasteiger charge is 2.56. The molecule has 0 aromatic carbocycles. The summed E-state index contributed by atoms with van der Waals surface area (Å²) in [4.78, 5) is 24.3. The molecule has 2 aliphatic rings. The lowest BCUT2D eigenvalue weighted by Crippen LogP contribution is -2.59. The van der Waals surface area contributed by atoms with Gasteiger partial charge in [0.25, 0.3) is 0 Å². The van der Waals surface area contributed by atoms with Crippen LogP contribution in [-0.4, -0.2) is 52.4 Å². The van der Waals surface area contributed by atoms with Crippen molar-refractivity contribution >= 4 is 22.9 Å². The van der Waals surface area contributed by atoms with Crippen LogP contribution in [0.4, 0.5) is 18.0 Å². The second kappa shape index (κ2) is 3.76. The molecule has 96 valence electrons. The summed E-state index contributed by atoms with van der Waals surface area (Å²) >= 11 is 5.36. The minimum Gasteiger partial charge on any atom is -0.331 e. The second-order valence-corrected chi connectivity index (χ2v) is 4.68. The molecule has 0 atom stereocenters. The first kappa shape index (κ1) is 12.5. The molecule has 2 fully saturated rings. The van der Waals surface area contributed by atoms with Crippen LogP contribution in [0.5, 0.6) is 0 Å². The first-order valence-corrected chi connectivity index (χ1v) is 5.47. The third-order valence-electron chi connectivity index (χ3n) is 3.22. The monoisotopic (exact) mass is 270 g/mol. The van der Waals surface area contributed by atoms with Crippen LogP contribution < -0.4 is 0 Å². The summed E-state index contributed by atoms with van der Waals surface area (Å²) in [5, 5.41) is -0.665. The molecule has 1 saturated carbocycles. The van der Waals surface area contributed by atoms with Gasteiger partial charge in [0.05, 0.1) is 5.54 Å². The number of piperazine rings is 1. The Morgan fingerprint density at radius 2 is 1.76 bits per heavy atom. The largest absolute Gasteiger partial charge is 0.471 e. The molecular formula is C9H10ClF3N2O2. The molecular weight excluding hydrogens is 261 g/mol. The minimum absolute atomic E-state index is 0.0597. The first-order valence-electron chi connectivity index (χ1n) is 5.09. The van der Waals surface area contributed by atoms with Gasteiger partial charge in [0, 0.05) is 19.6 Å². The normalized spacial score (nSPS) is 22.8.